The summed E-state index contributed by atoms with van der Waals surface area (Å²) in [6.45, 7) is 2.94. The first-order chi connectivity index (χ1) is 9.38. The zero-order valence-corrected chi connectivity index (χ0v) is 11.5. The lowest BCUT2D eigenvalue weighted by atomic mass is 10.1. The summed E-state index contributed by atoms with van der Waals surface area (Å²) in [4.78, 5) is 0. The average molecular weight is 266 g/mol. The highest BCUT2D eigenvalue weighted by Crippen LogP contribution is 2.14. The van der Waals surface area contributed by atoms with Crippen molar-refractivity contribution in [3.63, 3.8) is 0 Å². The zero-order chi connectivity index (χ0) is 13.3. The van der Waals surface area contributed by atoms with Gasteiger partial charge in [0.05, 0.1) is 26.4 Å². The Bertz CT molecular complexity index is 344. The molecule has 0 aliphatic carbocycles. The van der Waals surface area contributed by atoms with Gasteiger partial charge >= 0.3 is 0 Å². The molecule has 0 spiro atoms. The minimum Gasteiger partial charge on any atom is -0.493 e. The van der Waals surface area contributed by atoms with Crippen molar-refractivity contribution in [3.05, 3.63) is 29.8 Å². The maximum absolute atomic E-state index is 5.68. The van der Waals surface area contributed by atoms with Crippen LogP contribution in [-0.4, -0.2) is 39.8 Å². The molecule has 4 heteroatoms. The van der Waals surface area contributed by atoms with E-state index in [1.165, 1.54) is 5.56 Å². The van der Waals surface area contributed by atoms with Crippen LogP contribution in [0.2, 0.25) is 0 Å². The van der Waals surface area contributed by atoms with Crippen LogP contribution in [0, 0.1) is 0 Å². The summed E-state index contributed by atoms with van der Waals surface area (Å²) in [6, 6.07) is 8.13. The molecule has 0 aromatic heterocycles. The maximum atomic E-state index is 5.68. The summed E-state index contributed by atoms with van der Waals surface area (Å²) in [5, 5.41) is 0. The fourth-order valence-corrected chi connectivity index (χ4v) is 1.95. The Morgan fingerprint density at radius 1 is 1.11 bits per heavy atom. The van der Waals surface area contributed by atoms with Crippen LogP contribution in [0.3, 0.4) is 0 Å². The molecule has 0 radical (unpaired) electrons. The molecule has 0 bridgehead atoms. The van der Waals surface area contributed by atoms with Crippen molar-refractivity contribution in [2.45, 2.75) is 25.6 Å². The molecule has 2 rings (SSSR count). The summed E-state index contributed by atoms with van der Waals surface area (Å²) >= 11 is 0. The van der Waals surface area contributed by atoms with Crippen molar-refractivity contribution < 1.29 is 18.9 Å². The van der Waals surface area contributed by atoms with Crippen molar-refractivity contribution in [2.75, 3.05) is 33.5 Å². The molecule has 1 aliphatic heterocycles. The third-order valence-electron chi connectivity index (χ3n) is 3.04. The molecule has 0 atom stereocenters. The van der Waals surface area contributed by atoms with Gasteiger partial charge in [-0.15, -0.1) is 0 Å². The first-order valence-corrected chi connectivity index (χ1v) is 6.82. The minimum absolute atomic E-state index is 0.102. The van der Waals surface area contributed by atoms with E-state index in [-0.39, 0.29) is 6.29 Å². The van der Waals surface area contributed by atoms with Crippen LogP contribution < -0.4 is 4.74 Å². The fraction of sp³-hybridized carbons (Fsp3) is 0.600. The number of methoxy groups -OCH3 is 1. The van der Waals surface area contributed by atoms with Crippen LogP contribution in [0.4, 0.5) is 0 Å². The van der Waals surface area contributed by atoms with E-state index in [1.54, 1.807) is 7.11 Å². The van der Waals surface area contributed by atoms with E-state index in [0.717, 1.165) is 44.8 Å². The Kier molecular flexibility index (Phi) is 6.14. The third-order valence-corrected chi connectivity index (χ3v) is 3.04. The van der Waals surface area contributed by atoms with Gasteiger partial charge < -0.3 is 18.9 Å². The smallest absolute Gasteiger partial charge is 0.160 e. The molecule has 106 valence electrons. The molecule has 19 heavy (non-hydrogen) atoms. The standard InChI is InChI=1S/C15H22O4/c1-16-11-7-13-3-5-14(6-4-13)17-12-8-15-18-9-2-10-19-15/h3-6,15H,2,7-12H2,1H3. The van der Waals surface area contributed by atoms with Crippen LogP contribution in [0.15, 0.2) is 24.3 Å². The Morgan fingerprint density at radius 3 is 2.53 bits per heavy atom. The summed E-state index contributed by atoms with van der Waals surface area (Å²) < 4.78 is 21.7. The lowest BCUT2D eigenvalue weighted by Gasteiger charge is -2.23. The Hall–Kier alpha value is -1.10. The predicted molar refractivity (Wildman–Crippen MR) is 72.4 cm³/mol. The Balaban J connectivity index is 1.67. The quantitative estimate of drug-likeness (QED) is 0.759. The Morgan fingerprint density at radius 2 is 1.84 bits per heavy atom. The molecule has 4 nitrogen and oxygen atoms in total. The van der Waals surface area contributed by atoms with Crippen LogP contribution in [0.1, 0.15) is 18.4 Å². The average Bonchev–Trinajstić information content (AvgIpc) is 2.47. The SMILES string of the molecule is COCCc1ccc(OCCC2OCCCO2)cc1. The van der Waals surface area contributed by atoms with Gasteiger partial charge in [-0.2, -0.15) is 0 Å². The maximum Gasteiger partial charge on any atom is 0.160 e. The van der Waals surface area contributed by atoms with E-state index in [4.69, 9.17) is 18.9 Å². The lowest BCUT2D eigenvalue weighted by molar-refractivity contribution is -0.183. The monoisotopic (exact) mass is 266 g/mol. The molecule has 1 aromatic rings. The topological polar surface area (TPSA) is 36.9 Å². The predicted octanol–water partition coefficient (Wildman–Crippen LogP) is 2.41. The highest BCUT2D eigenvalue weighted by atomic mass is 16.7. The second-order valence-corrected chi connectivity index (χ2v) is 4.55. The number of ether oxygens (including phenoxy) is 4. The van der Waals surface area contributed by atoms with E-state index in [1.807, 2.05) is 12.1 Å². The molecule has 1 heterocycles. The number of benzene rings is 1. The van der Waals surface area contributed by atoms with Gasteiger partial charge in [0, 0.05) is 13.5 Å². The number of rotatable bonds is 7. The van der Waals surface area contributed by atoms with Crippen LogP contribution in [0.25, 0.3) is 0 Å². The largest absolute Gasteiger partial charge is 0.493 e. The molecule has 0 unspecified atom stereocenters. The highest BCUT2D eigenvalue weighted by molar-refractivity contribution is 5.27. The van der Waals surface area contributed by atoms with Gasteiger partial charge in [-0.3, -0.25) is 0 Å². The van der Waals surface area contributed by atoms with Crippen LogP contribution in [0.5, 0.6) is 5.75 Å². The summed E-state index contributed by atoms with van der Waals surface area (Å²) in [6.07, 6.45) is 2.58. The van der Waals surface area contributed by atoms with Crippen LogP contribution in [-0.2, 0) is 20.6 Å². The van der Waals surface area contributed by atoms with E-state index < -0.39 is 0 Å². The second-order valence-electron chi connectivity index (χ2n) is 4.55. The third kappa shape index (κ3) is 5.19. The second kappa shape index (κ2) is 8.15. The van der Waals surface area contributed by atoms with Gasteiger partial charge in [-0.25, -0.2) is 0 Å². The summed E-state index contributed by atoms with van der Waals surface area (Å²) in [7, 11) is 1.72. The molecule has 1 aromatic carbocycles. The fourth-order valence-electron chi connectivity index (χ4n) is 1.95. The molecule has 1 fully saturated rings. The van der Waals surface area contributed by atoms with Gasteiger partial charge in [-0.1, -0.05) is 12.1 Å². The van der Waals surface area contributed by atoms with E-state index >= 15 is 0 Å². The molecular weight excluding hydrogens is 244 g/mol. The molecule has 0 saturated carbocycles. The van der Waals surface area contributed by atoms with Crippen molar-refractivity contribution in [3.8, 4) is 5.75 Å². The van der Waals surface area contributed by atoms with Gasteiger partial charge in [0.15, 0.2) is 6.29 Å². The molecular formula is C15H22O4. The van der Waals surface area contributed by atoms with Crippen molar-refractivity contribution in [1.29, 1.82) is 0 Å². The van der Waals surface area contributed by atoms with Crippen molar-refractivity contribution in [1.82, 2.24) is 0 Å². The van der Waals surface area contributed by atoms with Crippen molar-refractivity contribution in [2.24, 2.45) is 0 Å². The summed E-state index contributed by atoms with van der Waals surface area (Å²) in [5.74, 6) is 0.886. The normalized spacial score (nSPS) is 16.5. The number of hydrogen-bond acceptors (Lipinski definition) is 4. The molecule has 0 N–H and O–H groups in total. The molecule has 1 aliphatic rings. The minimum atomic E-state index is -0.102. The van der Waals surface area contributed by atoms with Gasteiger partial charge in [0.2, 0.25) is 0 Å². The van der Waals surface area contributed by atoms with Gasteiger partial charge in [0.1, 0.15) is 5.75 Å². The van der Waals surface area contributed by atoms with E-state index in [0.29, 0.717) is 6.61 Å². The first-order valence-electron chi connectivity index (χ1n) is 6.82. The van der Waals surface area contributed by atoms with Gasteiger partial charge in [-0.05, 0) is 30.5 Å². The Labute approximate surface area is 114 Å². The zero-order valence-electron chi connectivity index (χ0n) is 11.5. The van der Waals surface area contributed by atoms with Crippen molar-refractivity contribution >= 4 is 0 Å². The van der Waals surface area contributed by atoms with E-state index in [2.05, 4.69) is 12.1 Å². The molecule has 1 saturated heterocycles. The highest BCUT2D eigenvalue weighted by Gasteiger charge is 2.13. The lowest BCUT2D eigenvalue weighted by Crippen LogP contribution is -2.26. The van der Waals surface area contributed by atoms with Crippen LogP contribution >= 0.6 is 0 Å². The summed E-state index contributed by atoms with van der Waals surface area (Å²) in [5.41, 5.74) is 1.26. The van der Waals surface area contributed by atoms with E-state index in [9.17, 15) is 0 Å². The molecule has 0 amide bonds. The van der Waals surface area contributed by atoms with Gasteiger partial charge in [0.25, 0.3) is 0 Å². The first kappa shape index (κ1) is 14.3. The number of hydrogen-bond donors (Lipinski definition) is 0.